The normalized spacial score (nSPS) is 14.5. The summed E-state index contributed by atoms with van der Waals surface area (Å²) in [5.41, 5.74) is 6.38. The van der Waals surface area contributed by atoms with Crippen molar-refractivity contribution in [3.8, 4) is 22.7 Å². The van der Waals surface area contributed by atoms with Crippen LogP contribution in [0.1, 0.15) is 28.5 Å². The Hall–Kier alpha value is -4.58. The van der Waals surface area contributed by atoms with Crippen molar-refractivity contribution in [3.05, 3.63) is 122 Å². The lowest BCUT2D eigenvalue weighted by Crippen LogP contribution is -2.37. The first-order valence-corrected chi connectivity index (χ1v) is 12.3. The summed E-state index contributed by atoms with van der Waals surface area (Å²) in [5.74, 6) is 0.719. The molecule has 0 aliphatic carbocycles. The molecule has 3 heterocycles. The van der Waals surface area contributed by atoms with E-state index in [0.717, 1.165) is 45.1 Å². The molecule has 5 aromatic rings. The van der Waals surface area contributed by atoms with Gasteiger partial charge in [0.2, 0.25) is 0 Å². The highest BCUT2D eigenvalue weighted by Crippen LogP contribution is 2.45. The van der Waals surface area contributed by atoms with Crippen LogP contribution in [0.4, 0.5) is 0 Å². The molecule has 0 saturated carbocycles. The molecule has 0 bridgehead atoms. The molecule has 0 fully saturated rings. The fourth-order valence-electron chi connectivity index (χ4n) is 5.18. The number of aryl methyl sites for hydroxylation is 3. The highest BCUT2D eigenvalue weighted by molar-refractivity contribution is 5.98. The van der Waals surface area contributed by atoms with E-state index in [2.05, 4.69) is 10.6 Å². The molecule has 1 aliphatic heterocycles. The van der Waals surface area contributed by atoms with Gasteiger partial charge in [0.05, 0.1) is 28.0 Å². The fourth-order valence-corrected chi connectivity index (χ4v) is 5.18. The number of benzene rings is 3. The van der Waals surface area contributed by atoms with E-state index in [9.17, 15) is 9.59 Å². The van der Waals surface area contributed by atoms with Crippen LogP contribution in [0.25, 0.3) is 33.9 Å². The van der Waals surface area contributed by atoms with Crippen molar-refractivity contribution in [1.29, 1.82) is 0 Å². The first kappa shape index (κ1) is 22.9. The Bertz CT molecular complexity index is 1820. The maximum absolute atomic E-state index is 13.7. The van der Waals surface area contributed by atoms with Crippen molar-refractivity contribution >= 4 is 17.0 Å². The van der Waals surface area contributed by atoms with Gasteiger partial charge in [-0.15, -0.1) is 0 Å². The molecule has 0 amide bonds. The zero-order valence-corrected chi connectivity index (χ0v) is 21.2. The van der Waals surface area contributed by atoms with Gasteiger partial charge in [-0.3, -0.25) is 13.9 Å². The number of fused-ring (bicyclic) bond motifs is 5. The smallest absolute Gasteiger partial charge is 0.331 e. The molecule has 0 saturated heterocycles. The summed E-state index contributed by atoms with van der Waals surface area (Å²) < 4.78 is 11.4. The Labute approximate surface area is 214 Å². The van der Waals surface area contributed by atoms with Crippen molar-refractivity contribution in [2.45, 2.75) is 20.0 Å². The summed E-state index contributed by atoms with van der Waals surface area (Å²) in [6.45, 7) is 4.07. The van der Waals surface area contributed by atoms with E-state index >= 15 is 0 Å². The molecule has 1 aliphatic rings. The van der Waals surface area contributed by atoms with E-state index in [1.165, 1.54) is 11.6 Å². The van der Waals surface area contributed by atoms with E-state index in [1.54, 1.807) is 11.6 Å². The standard InChI is InChI=1S/C31H27N3O3/c1-19-10-14-22(15-11-19)27-26-29(32(3)31(36)33(4)30(26)35)28-25(17-13-21-8-6-5-7-9-21)37-24-16-12-20(2)18-23(24)34(27)28/h5-18,25H,1-4H3/b17-13+. The van der Waals surface area contributed by atoms with Crippen LogP contribution in [0.15, 0.2) is 88.5 Å². The Balaban J connectivity index is 1.77. The lowest BCUT2D eigenvalue weighted by molar-refractivity contribution is 0.238. The van der Waals surface area contributed by atoms with Crippen LogP contribution in [0.2, 0.25) is 0 Å². The Morgan fingerprint density at radius 3 is 2.27 bits per heavy atom. The van der Waals surface area contributed by atoms with E-state index in [0.29, 0.717) is 10.9 Å². The number of hydrogen-bond donors (Lipinski definition) is 0. The Kier molecular flexibility index (Phi) is 5.26. The minimum atomic E-state index is -0.519. The minimum absolute atomic E-state index is 0.324. The maximum atomic E-state index is 13.7. The van der Waals surface area contributed by atoms with Crippen molar-refractivity contribution in [3.63, 3.8) is 0 Å². The van der Waals surface area contributed by atoms with Gasteiger partial charge in [0.25, 0.3) is 5.56 Å². The molecule has 6 nitrogen and oxygen atoms in total. The summed E-state index contributed by atoms with van der Waals surface area (Å²) in [5, 5.41) is 0.500. The average molecular weight is 490 g/mol. The van der Waals surface area contributed by atoms with Crippen LogP contribution >= 0.6 is 0 Å². The first-order chi connectivity index (χ1) is 17.8. The maximum Gasteiger partial charge on any atom is 0.331 e. The summed E-state index contributed by atoms with van der Waals surface area (Å²) in [7, 11) is 3.24. The van der Waals surface area contributed by atoms with E-state index < -0.39 is 6.10 Å². The van der Waals surface area contributed by atoms with E-state index in [-0.39, 0.29) is 11.2 Å². The predicted octanol–water partition coefficient (Wildman–Crippen LogP) is 5.46. The summed E-state index contributed by atoms with van der Waals surface area (Å²) in [6.07, 6.45) is 3.48. The molecular formula is C31H27N3O3. The van der Waals surface area contributed by atoms with Gasteiger partial charge in [-0.1, -0.05) is 72.3 Å². The molecular weight excluding hydrogens is 462 g/mol. The molecule has 184 valence electrons. The summed E-state index contributed by atoms with van der Waals surface area (Å²) >= 11 is 0. The third-order valence-corrected chi connectivity index (χ3v) is 7.08. The third-order valence-electron chi connectivity index (χ3n) is 7.08. The van der Waals surface area contributed by atoms with Crippen LogP contribution in [-0.2, 0) is 14.1 Å². The van der Waals surface area contributed by atoms with Gasteiger partial charge >= 0.3 is 5.69 Å². The molecule has 0 spiro atoms. The second-order valence-corrected chi connectivity index (χ2v) is 9.64. The van der Waals surface area contributed by atoms with Crippen molar-refractivity contribution in [2.24, 2.45) is 14.1 Å². The van der Waals surface area contributed by atoms with Crippen molar-refractivity contribution in [1.82, 2.24) is 13.7 Å². The van der Waals surface area contributed by atoms with Crippen LogP contribution in [0, 0.1) is 13.8 Å². The van der Waals surface area contributed by atoms with E-state index in [4.69, 9.17) is 4.74 Å². The predicted molar refractivity (Wildman–Crippen MR) is 148 cm³/mol. The topological polar surface area (TPSA) is 58.2 Å². The van der Waals surface area contributed by atoms with Gasteiger partial charge in [-0.05, 0) is 48.7 Å². The number of aromatic nitrogens is 3. The van der Waals surface area contributed by atoms with Gasteiger partial charge in [0.15, 0.2) is 6.10 Å². The Morgan fingerprint density at radius 1 is 0.838 bits per heavy atom. The molecule has 6 heteroatoms. The highest BCUT2D eigenvalue weighted by atomic mass is 16.5. The van der Waals surface area contributed by atoms with Gasteiger partial charge in [0.1, 0.15) is 5.75 Å². The number of rotatable bonds is 3. The monoisotopic (exact) mass is 489 g/mol. The lowest BCUT2D eigenvalue weighted by Gasteiger charge is -2.28. The summed E-state index contributed by atoms with van der Waals surface area (Å²) in [6, 6.07) is 24.2. The largest absolute Gasteiger partial charge is 0.478 e. The second-order valence-electron chi connectivity index (χ2n) is 9.64. The molecule has 0 radical (unpaired) electrons. The molecule has 1 unspecified atom stereocenters. The molecule has 37 heavy (non-hydrogen) atoms. The van der Waals surface area contributed by atoms with Crippen molar-refractivity contribution in [2.75, 3.05) is 0 Å². The molecule has 1 atom stereocenters. The molecule has 6 rings (SSSR count). The molecule has 2 aromatic heterocycles. The van der Waals surface area contributed by atoms with Gasteiger partial charge in [0, 0.05) is 14.1 Å². The average Bonchev–Trinajstić information content (AvgIpc) is 3.27. The van der Waals surface area contributed by atoms with Gasteiger partial charge in [-0.2, -0.15) is 0 Å². The number of nitrogens with zero attached hydrogens (tertiary/aromatic N) is 3. The third kappa shape index (κ3) is 3.56. The molecule has 3 aromatic carbocycles. The second kappa shape index (κ2) is 8.52. The Morgan fingerprint density at radius 2 is 1.54 bits per heavy atom. The summed E-state index contributed by atoms with van der Waals surface area (Å²) in [4.78, 5) is 26.8. The first-order valence-electron chi connectivity index (χ1n) is 12.3. The van der Waals surface area contributed by atoms with Gasteiger partial charge < -0.3 is 9.30 Å². The SMILES string of the molecule is Cc1ccc(-c2c3c(=O)n(C)c(=O)n(C)c3c3n2-c2cc(C)ccc2OC3/C=C/c2ccccc2)cc1. The quantitative estimate of drug-likeness (QED) is 0.338. The number of hydrogen-bond acceptors (Lipinski definition) is 3. The zero-order chi connectivity index (χ0) is 25.8. The lowest BCUT2D eigenvalue weighted by atomic mass is 10.1. The highest BCUT2D eigenvalue weighted by Gasteiger charge is 2.34. The van der Waals surface area contributed by atoms with Crippen LogP contribution in [0.3, 0.4) is 0 Å². The van der Waals surface area contributed by atoms with Crippen LogP contribution in [0.5, 0.6) is 5.75 Å². The molecule has 0 N–H and O–H groups in total. The fraction of sp³-hybridized carbons (Fsp3) is 0.161. The van der Waals surface area contributed by atoms with Crippen molar-refractivity contribution < 1.29 is 4.74 Å². The number of ether oxygens (including phenoxy) is 1. The van der Waals surface area contributed by atoms with Crippen LogP contribution in [-0.4, -0.2) is 13.7 Å². The van der Waals surface area contributed by atoms with Gasteiger partial charge in [-0.25, -0.2) is 4.79 Å². The minimum Gasteiger partial charge on any atom is -0.478 e. The zero-order valence-electron chi connectivity index (χ0n) is 21.2. The van der Waals surface area contributed by atoms with Crippen LogP contribution < -0.4 is 16.0 Å². The van der Waals surface area contributed by atoms with E-state index in [1.807, 2.05) is 92.7 Å².